The molecule has 2 aliphatic rings. The normalized spacial score (nSPS) is 22.5. The van der Waals surface area contributed by atoms with Crippen molar-refractivity contribution in [1.82, 2.24) is 9.71 Å². The van der Waals surface area contributed by atoms with Gasteiger partial charge in [-0.3, -0.25) is 0 Å². The van der Waals surface area contributed by atoms with E-state index in [2.05, 4.69) is 18.8 Å². The lowest BCUT2D eigenvalue weighted by molar-refractivity contribution is -0.274. The third-order valence-electron chi connectivity index (χ3n) is 6.05. The van der Waals surface area contributed by atoms with Gasteiger partial charge in [-0.25, -0.2) is 22.7 Å². The Morgan fingerprint density at radius 1 is 1.16 bits per heavy atom. The number of nitrogens with zero attached hydrogens (tertiary/aromatic N) is 3. The summed E-state index contributed by atoms with van der Waals surface area (Å²) in [6.45, 7) is -0.0197. The fraction of sp³-hybridized carbons (Fsp3) is 0.292. The Morgan fingerprint density at radius 3 is 2.63 bits per heavy atom. The number of anilines is 2. The van der Waals surface area contributed by atoms with Crippen LogP contribution in [0.1, 0.15) is 0 Å². The first-order valence-corrected chi connectivity index (χ1v) is 12.9. The molecule has 1 fully saturated rings. The van der Waals surface area contributed by atoms with E-state index in [4.69, 9.17) is 9.47 Å². The van der Waals surface area contributed by atoms with Gasteiger partial charge in [0.2, 0.25) is 0 Å². The Morgan fingerprint density at radius 2 is 1.92 bits per heavy atom. The number of hydrogen-bond acceptors (Lipinski definition) is 8. The van der Waals surface area contributed by atoms with Crippen LogP contribution >= 0.6 is 0 Å². The fourth-order valence-corrected chi connectivity index (χ4v) is 5.92. The predicted molar refractivity (Wildman–Crippen MR) is 128 cm³/mol. The lowest BCUT2D eigenvalue weighted by atomic mass is 9.99. The quantitative estimate of drug-likeness (QED) is 0.457. The minimum Gasteiger partial charge on any atom is -0.451 e. The van der Waals surface area contributed by atoms with Crippen LogP contribution in [0.25, 0.3) is 0 Å². The molecule has 0 radical (unpaired) electrons. The monoisotopic (exact) mass is 554 g/mol. The van der Waals surface area contributed by atoms with Crippen molar-refractivity contribution >= 4 is 21.4 Å². The second-order valence-electron chi connectivity index (χ2n) is 8.46. The molecule has 1 aromatic heterocycles. The Labute approximate surface area is 215 Å². The van der Waals surface area contributed by atoms with Crippen LogP contribution in [0.4, 0.5) is 29.1 Å². The summed E-state index contributed by atoms with van der Waals surface area (Å²) in [7, 11) is -2.12. The Kier molecular flexibility index (Phi) is 6.90. The van der Waals surface area contributed by atoms with Crippen LogP contribution in [0.3, 0.4) is 0 Å². The Bertz CT molecular complexity index is 1450. The molecule has 0 amide bonds. The number of rotatable bonds is 5. The van der Waals surface area contributed by atoms with Gasteiger partial charge in [-0.1, -0.05) is 0 Å². The number of aromatic nitrogens is 1. The molecule has 0 spiro atoms. The summed E-state index contributed by atoms with van der Waals surface area (Å²) in [6.07, 6.45) is -4.56. The average Bonchev–Trinajstić information content (AvgIpc) is 2.88. The highest BCUT2D eigenvalue weighted by molar-refractivity contribution is 7.91. The molecule has 0 bridgehead atoms. The number of fused-ring (bicyclic) bond motifs is 2. The predicted octanol–water partition coefficient (Wildman–Crippen LogP) is 4.15. The first kappa shape index (κ1) is 26.2. The summed E-state index contributed by atoms with van der Waals surface area (Å²) in [5, 5.41) is 11.4. The van der Waals surface area contributed by atoms with Crippen LogP contribution < -0.4 is 19.1 Å². The second-order valence-corrected chi connectivity index (χ2v) is 10.6. The number of aliphatic hydroxyl groups is 1. The number of hydrogen-bond donors (Lipinski definition) is 2. The average molecular weight is 555 g/mol. The minimum atomic E-state index is -4.87. The first-order valence-electron chi connectivity index (χ1n) is 11.3. The third kappa shape index (κ3) is 5.12. The molecule has 0 saturated carbocycles. The third-order valence-corrected chi connectivity index (χ3v) is 8.10. The van der Waals surface area contributed by atoms with Gasteiger partial charge < -0.3 is 24.2 Å². The van der Waals surface area contributed by atoms with E-state index >= 15 is 0 Å². The molecule has 4 unspecified atom stereocenters. The summed E-state index contributed by atoms with van der Waals surface area (Å²) in [5.74, 6) is 0.0677. The highest BCUT2D eigenvalue weighted by Crippen LogP contribution is 2.47. The van der Waals surface area contributed by atoms with Crippen LogP contribution in [0.15, 0.2) is 70.1 Å². The first-order chi connectivity index (χ1) is 18.1. The lowest BCUT2D eigenvalue weighted by Crippen LogP contribution is -2.60. The number of halogens is 4. The van der Waals surface area contributed by atoms with Gasteiger partial charge in [-0.05, 0) is 48.5 Å². The van der Waals surface area contributed by atoms with Crippen molar-refractivity contribution < 1.29 is 41.1 Å². The van der Waals surface area contributed by atoms with Gasteiger partial charge in [0.15, 0.2) is 17.3 Å². The second kappa shape index (κ2) is 10.0. The Balaban J connectivity index is 1.43. The van der Waals surface area contributed by atoms with Gasteiger partial charge in [-0.15, -0.1) is 13.2 Å². The maximum atomic E-state index is 14.2. The topological polar surface area (TPSA) is 106 Å². The van der Waals surface area contributed by atoms with Gasteiger partial charge in [0, 0.05) is 19.3 Å². The highest BCUT2D eigenvalue weighted by Gasteiger charge is 2.42. The highest BCUT2D eigenvalue weighted by atomic mass is 32.2. The fourth-order valence-electron chi connectivity index (χ4n) is 4.35. The number of pyridine rings is 1. The van der Waals surface area contributed by atoms with Crippen LogP contribution in [0.5, 0.6) is 17.2 Å². The maximum absolute atomic E-state index is 14.2. The lowest BCUT2D eigenvalue weighted by Gasteiger charge is -2.44. The van der Waals surface area contributed by atoms with Crippen molar-refractivity contribution in [3.63, 3.8) is 0 Å². The van der Waals surface area contributed by atoms with Crippen LogP contribution in [-0.2, 0) is 14.7 Å². The molecule has 38 heavy (non-hydrogen) atoms. The zero-order valence-corrected chi connectivity index (χ0v) is 20.6. The number of benzene rings is 2. The minimum absolute atomic E-state index is 0.0270. The van der Waals surface area contributed by atoms with E-state index in [0.717, 1.165) is 12.1 Å². The SMILES string of the molecule is CN=S(=O)(NC1COCC(N2c3cc(F)ccc3Oc3cccnc32)C1O)c1ccc(OC(F)(F)F)cc1. The van der Waals surface area contributed by atoms with E-state index in [1.807, 2.05) is 0 Å². The number of alkyl halides is 3. The van der Waals surface area contributed by atoms with Crippen molar-refractivity contribution in [2.75, 3.05) is 25.2 Å². The number of nitrogens with one attached hydrogen (secondary N) is 1. The van der Waals surface area contributed by atoms with Gasteiger partial charge in [0.05, 0.1) is 42.0 Å². The maximum Gasteiger partial charge on any atom is 0.573 e. The zero-order valence-electron chi connectivity index (χ0n) is 19.8. The molecule has 0 aliphatic carbocycles. The van der Waals surface area contributed by atoms with Crippen molar-refractivity contribution in [2.45, 2.75) is 29.4 Å². The summed E-state index contributed by atoms with van der Waals surface area (Å²) < 4.78 is 87.6. The van der Waals surface area contributed by atoms with E-state index < -0.39 is 46.0 Å². The van der Waals surface area contributed by atoms with E-state index in [-0.39, 0.29) is 18.1 Å². The molecule has 2 aliphatic heterocycles. The molecule has 2 N–H and O–H groups in total. The van der Waals surface area contributed by atoms with Crippen LogP contribution in [0, 0.1) is 5.82 Å². The number of ether oxygens (including phenoxy) is 3. The Hall–Kier alpha value is -3.46. The van der Waals surface area contributed by atoms with E-state index in [0.29, 0.717) is 23.0 Å². The molecule has 3 heterocycles. The van der Waals surface area contributed by atoms with Crippen molar-refractivity contribution in [1.29, 1.82) is 0 Å². The molecule has 9 nitrogen and oxygen atoms in total. The van der Waals surface area contributed by atoms with Gasteiger partial charge in [-0.2, -0.15) is 0 Å². The number of aliphatic hydroxyl groups excluding tert-OH is 1. The molecule has 1 saturated heterocycles. The summed E-state index contributed by atoms with van der Waals surface area (Å²) in [5.41, 5.74) is 0.325. The van der Waals surface area contributed by atoms with Crippen molar-refractivity contribution in [3.05, 3.63) is 66.6 Å². The molecule has 14 heteroatoms. The van der Waals surface area contributed by atoms with E-state index in [1.165, 1.54) is 43.6 Å². The summed E-state index contributed by atoms with van der Waals surface area (Å²) in [4.78, 5) is 6.05. The molecular weight excluding hydrogens is 532 g/mol. The van der Waals surface area contributed by atoms with Gasteiger partial charge in [0.25, 0.3) is 0 Å². The van der Waals surface area contributed by atoms with E-state index in [1.54, 1.807) is 17.0 Å². The summed E-state index contributed by atoms with van der Waals surface area (Å²) in [6, 6.07) is 10.0. The van der Waals surface area contributed by atoms with Crippen LogP contribution in [-0.4, -0.2) is 59.1 Å². The molecule has 3 aromatic rings. The van der Waals surface area contributed by atoms with Crippen molar-refractivity contribution in [2.24, 2.45) is 4.36 Å². The van der Waals surface area contributed by atoms with E-state index in [9.17, 15) is 26.9 Å². The molecule has 4 atom stereocenters. The smallest absolute Gasteiger partial charge is 0.451 e. The largest absolute Gasteiger partial charge is 0.573 e. The zero-order chi connectivity index (χ0) is 27.1. The van der Waals surface area contributed by atoms with Crippen LogP contribution in [0.2, 0.25) is 0 Å². The van der Waals surface area contributed by atoms with Gasteiger partial charge in [0.1, 0.15) is 21.5 Å². The summed E-state index contributed by atoms with van der Waals surface area (Å²) >= 11 is 0. The van der Waals surface area contributed by atoms with Crippen molar-refractivity contribution in [3.8, 4) is 17.2 Å². The molecule has 202 valence electrons. The van der Waals surface area contributed by atoms with Gasteiger partial charge >= 0.3 is 6.36 Å². The molecule has 5 rings (SSSR count). The standard InChI is InChI=1S/C24H22F4N4O5S/c1-29-38(34,16-7-5-15(6-8-16)37-24(26,27)28)31-17-12-35-13-19(22(17)33)32-18-11-14(25)4-9-20(18)36-21-3-2-10-30-23(21)32/h2-11,17,19,22,33H,12-13H2,1H3,(H,29,31,34). The molecule has 2 aromatic carbocycles. The molecular formula is C24H22F4N4O5S.